The molecule has 0 unspecified atom stereocenters. The van der Waals surface area contributed by atoms with Crippen LogP contribution in [0.5, 0.6) is 0 Å². The van der Waals surface area contributed by atoms with Gasteiger partial charge in [-0.05, 0) is 26.1 Å². The summed E-state index contributed by atoms with van der Waals surface area (Å²) in [6.45, 7) is 8.95. The molecule has 0 spiro atoms. The predicted octanol–water partition coefficient (Wildman–Crippen LogP) is 1.55. The minimum atomic E-state index is 0.230. The predicted molar refractivity (Wildman–Crippen MR) is 132 cm³/mol. The summed E-state index contributed by atoms with van der Waals surface area (Å²) < 4.78 is 5.53. The molecule has 178 valence electrons. The average Bonchev–Trinajstić information content (AvgIpc) is 2.87. The molecule has 2 fully saturated rings. The van der Waals surface area contributed by atoms with Gasteiger partial charge in [-0.25, -0.2) is 19.9 Å². The molecule has 5 heterocycles. The van der Waals surface area contributed by atoms with E-state index in [1.165, 1.54) is 0 Å². The van der Waals surface area contributed by atoms with Crippen LogP contribution in [0.1, 0.15) is 5.56 Å². The summed E-state index contributed by atoms with van der Waals surface area (Å²) >= 11 is 0. The van der Waals surface area contributed by atoms with Crippen molar-refractivity contribution in [1.82, 2.24) is 29.8 Å². The molecule has 0 bridgehead atoms. The Balaban J connectivity index is 1.43. The number of aromatic nitrogens is 5. The number of morpholine rings is 1. The Hall–Kier alpha value is -3.57. The lowest BCUT2D eigenvalue weighted by Gasteiger charge is -2.33. The molecule has 3 aromatic rings. The number of hydrogen-bond donors (Lipinski definition) is 2. The maximum Gasteiger partial charge on any atom is 0.229 e. The lowest BCUT2D eigenvalue weighted by atomic mass is 10.1. The summed E-state index contributed by atoms with van der Waals surface area (Å²) in [7, 11) is 2.15. The van der Waals surface area contributed by atoms with Gasteiger partial charge in [0.05, 0.1) is 30.8 Å². The van der Waals surface area contributed by atoms with Crippen molar-refractivity contribution < 1.29 is 4.74 Å². The van der Waals surface area contributed by atoms with E-state index in [1.54, 1.807) is 12.4 Å². The molecule has 0 aromatic carbocycles. The van der Waals surface area contributed by atoms with Gasteiger partial charge in [-0.3, -0.25) is 0 Å². The van der Waals surface area contributed by atoms with Crippen molar-refractivity contribution in [2.75, 3.05) is 80.4 Å². The van der Waals surface area contributed by atoms with E-state index in [9.17, 15) is 0 Å². The lowest BCUT2D eigenvalue weighted by molar-refractivity contribution is 0.122. The van der Waals surface area contributed by atoms with Gasteiger partial charge >= 0.3 is 0 Å². The quantitative estimate of drug-likeness (QED) is 0.574. The third-order valence-electron chi connectivity index (χ3n) is 6.21. The molecular formula is C23H30N10O. The van der Waals surface area contributed by atoms with Gasteiger partial charge in [0.25, 0.3) is 0 Å². The normalized spacial score (nSPS) is 17.1. The Kier molecular flexibility index (Phi) is 6.37. The van der Waals surface area contributed by atoms with Crippen LogP contribution in [0.15, 0.2) is 30.7 Å². The topological polar surface area (TPSA) is 121 Å². The number of likely N-dealkylation sites (N-methyl/N-ethyl adjacent to an activating group) is 1. The Morgan fingerprint density at radius 2 is 1.62 bits per heavy atom. The summed E-state index contributed by atoms with van der Waals surface area (Å²) in [5, 5.41) is 3.33. The summed E-state index contributed by atoms with van der Waals surface area (Å²) in [6.07, 6.45) is 5.21. The highest BCUT2D eigenvalue weighted by Crippen LogP contribution is 2.30. The number of rotatable bonds is 5. The smallest absolute Gasteiger partial charge is 0.229 e. The monoisotopic (exact) mass is 462 g/mol. The van der Waals surface area contributed by atoms with Crippen LogP contribution in [0.25, 0.3) is 11.3 Å². The summed E-state index contributed by atoms with van der Waals surface area (Å²) in [4.78, 5) is 29.5. The molecule has 0 aliphatic carbocycles. The first kappa shape index (κ1) is 22.2. The number of pyridine rings is 1. The van der Waals surface area contributed by atoms with Crippen molar-refractivity contribution in [3.8, 4) is 11.3 Å². The first-order chi connectivity index (χ1) is 16.6. The van der Waals surface area contributed by atoms with Crippen LogP contribution in [0.4, 0.5) is 29.2 Å². The van der Waals surface area contributed by atoms with E-state index in [4.69, 9.17) is 20.4 Å². The average molecular weight is 463 g/mol. The highest BCUT2D eigenvalue weighted by atomic mass is 16.5. The number of nitrogens with two attached hydrogens (primary N) is 1. The van der Waals surface area contributed by atoms with Gasteiger partial charge in [0.15, 0.2) is 0 Å². The van der Waals surface area contributed by atoms with Crippen molar-refractivity contribution in [2.45, 2.75) is 6.92 Å². The molecule has 3 aromatic heterocycles. The Morgan fingerprint density at radius 1 is 0.882 bits per heavy atom. The highest BCUT2D eigenvalue weighted by molar-refractivity contribution is 5.71. The van der Waals surface area contributed by atoms with Crippen LogP contribution >= 0.6 is 0 Å². The molecule has 2 aliphatic rings. The van der Waals surface area contributed by atoms with Gasteiger partial charge in [0.2, 0.25) is 11.9 Å². The second-order valence-electron chi connectivity index (χ2n) is 8.59. The van der Waals surface area contributed by atoms with E-state index in [0.717, 1.165) is 73.4 Å². The van der Waals surface area contributed by atoms with Crippen LogP contribution in [0.3, 0.4) is 0 Å². The summed E-state index contributed by atoms with van der Waals surface area (Å²) in [6, 6.07) is 4.06. The van der Waals surface area contributed by atoms with Gasteiger partial charge in [-0.1, -0.05) is 0 Å². The molecule has 11 nitrogen and oxygen atoms in total. The van der Waals surface area contributed by atoms with Crippen molar-refractivity contribution in [1.29, 1.82) is 0 Å². The van der Waals surface area contributed by atoms with E-state index in [0.29, 0.717) is 19.2 Å². The third-order valence-corrected chi connectivity index (χ3v) is 6.21. The standard InChI is InChI=1S/C23H30N10O/c1-16-20(17-13-26-22(24)27-14-17)29-23(30-21(16)33-9-11-34-12-10-33)28-18-3-4-19(25-15-18)32-7-5-31(2)6-8-32/h3-4,13-15H,5-12H2,1-2H3,(H2,24,26,27)(H,28,29,30). The fourth-order valence-electron chi connectivity index (χ4n) is 4.20. The van der Waals surface area contributed by atoms with Gasteiger partial charge < -0.3 is 30.5 Å². The fraction of sp³-hybridized carbons (Fsp3) is 0.435. The van der Waals surface area contributed by atoms with Crippen LogP contribution < -0.4 is 20.9 Å². The van der Waals surface area contributed by atoms with Crippen molar-refractivity contribution in [2.24, 2.45) is 0 Å². The van der Waals surface area contributed by atoms with Crippen LogP contribution in [0, 0.1) is 6.92 Å². The van der Waals surface area contributed by atoms with Gasteiger partial charge in [-0.15, -0.1) is 0 Å². The Bertz CT molecular complexity index is 1110. The lowest BCUT2D eigenvalue weighted by Crippen LogP contribution is -2.44. The largest absolute Gasteiger partial charge is 0.378 e. The van der Waals surface area contributed by atoms with E-state index < -0.39 is 0 Å². The Morgan fingerprint density at radius 3 is 2.29 bits per heavy atom. The molecule has 5 rings (SSSR count). The van der Waals surface area contributed by atoms with E-state index in [-0.39, 0.29) is 5.95 Å². The molecule has 0 radical (unpaired) electrons. The molecule has 0 amide bonds. The maximum absolute atomic E-state index is 5.69. The highest BCUT2D eigenvalue weighted by Gasteiger charge is 2.21. The van der Waals surface area contributed by atoms with Crippen molar-refractivity contribution >= 4 is 29.2 Å². The molecule has 3 N–H and O–H groups in total. The molecular weight excluding hydrogens is 432 g/mol. The van der Waals surface area contributed by atoms with Crippen molar-refractivity contribution in [3.63, 3.8) is 0 Å². The van der Waals surface area contributed by atoms with E-state index in [2.05, 4.69) is 42.0 Å². The molecule has 0 saturated carbocycles. The van der Waals surface area contributed by atoms with Gasteiger partial charge in [0, 0.05) is 62.8 Å². The molecule has 34 heavy (non-hydrogen) atoms. The number of piperazine rings is 1. The first-order valence-corrected chi connectivity index (χ1v) is 11.5. The van der Waals surface area contributed by atoms with Crippen LogP contribution in [0.2, 0.25) is 0 Å². The fourth-order valence-corrected chi connectivity index (χ4v) is 4.20. The van der Waals surface area contributed by atoms with Crippen molar-refractivity contribution in [3.05, 3.63) is 36.3 Å². The van der Waals surface area contributed by atoms with Crippen LogP contribution in [-0.4, -0.2) is 89.3 Å². The third kappa shape index (κ3) is 4.85. The number of nitrogen functional groups attached to an aromatic ring is 1. The molecule has 0 atom stereocenters. The number of anilines is 5. The number of hydrogen-bond acceptors (Lipinski definition) is 11. The number of nitrogens with one attached hydrogen (secondary N) is 1. The SMILES string of the molecule is Cc1c(-c2cnc(N)nc2)nc(Nc2ccc(N3CCN(C)CC3)nc2)nc1N1CCOCC1. The zero-order valence-electron chi connectivity index (χ0n) is 19.6. The number of ether oxygens (including phenoxy) is 1. The maximum atomic E-state index is 5.69. The van der Waals surface area contributed by atoms with E-state index >= 15 is 0 Å². The second kappa shape index (κ2) is 9.74. The zero-order chi connectivity index (χ0) is 23.5. The van der Waals surface area contributed by atoms with E-state index in [1.807, 2.05) is 25.3 Å². The van der Waals surface area contributed by atoms with Crippen LogP contribution in [-0.2, 0) is 4.74 Å². The molecule has 2 aliphatic heterocycles. The van der Waals surface area contributed by atoms with Gasteiger partial charge in [0.1, 0.15) is 11.6 Å². The second-order valence-corrected chi connectivity index (χ2v) is 8.59. The summed E-state index contributed by atoms with van der Waals surface area (Å²) in [5.41, 5.74) is 9.03. The minimum absolute atomic E-state index is 0.230. The van der Waals surface area contributed by atoms with Gasteiger partial charge in [-0.2, -0.15) is 4.98 Å². The minimum Gasteiger partial charge on any atom is -0.378 e. The number of nitrogens with zero attached hydrogens (tertiary/aromatic N) is 8. The molecule has 2 saturated heterocycles. The molecule has 11 heteroatoms. The summed E-state index contributed by atoms with van der Waals surface area (Å²) in [5.74, 6) is 2.58. The first-order valence-electron chi connectivity index (χ1n) is 11.5. The zero-order valence-corrected chi connectivity index (χ0v) is 19.6. The Labute approximate surface area is 199 Å².